The molecule has 0 spiro atoms. The number of aryl methyl sites for hydroxylation is 1. The van der Waals surface area contributed by atoms with Crippen molar-refractivity contribution in [2.24, 2.45) is 0 Å². The Morgan fingerprint density at radius 3 is 2.37 bits per heavy atom. The molecular formula is C26H35NO3. The number of piperidine rings is 1. The SMILES string of the molecule is COC(=O)CCCCCN1CCCCC1OCc1ccc(-c2ccc(C)cc2)cc1. The van der Waals surface area contributed by atoms with Crippen molar-refractivity contribution in [1.82, 2.24) is 4.90 Å². The highest BCUT2D eigenvalue weighted by Crippen LogP contribution is 2.23. The summed E-state index contributed by atoms with van der Waals surface area (Å²) in [6.45, 7) is 4.91. The topological polar surface area (TPSA) is 38.8 Å². The third kappa shape index (κ3) is 6.96. The van der Waals surface area contributed by atoms with E-state index in [4.69, 9.17) is 9.47 Å². The van der Waals surface area contributed by atoms with Gasteiger partial charge in [-0.1, -0.05) is 60.5 Å². The van der Waals surface area contributed by atoms with Crippen LogP contribution in [0.5, 0.6) is 0 Å². The van der Waals surface area contributed by atoms with E-state index in [1.807, 2.05) is 0 Å². The van der Waals surface area contributed by atoms with Crippen LogP contribution in [0, 0.1) is 6.92 Å². The van der Waals surface area contributed by atoms with Gasteiger partial charge in [0.15, 0.2) is 0 Å². The van der Waals surface area contributed by atoms with E-state index in [1.165, 1.54) is 42.2 Å². The number of likely N-dealkylation sites (tertiary alicyclic amines) is 1. The van der Waals surface area contributed by atoms with Crippen LogP contribution in [0.3, 0.4) is 0 Å². The number of nitrogens with zero attached hydrogens (tertiary/aromatic N) is 1. The minimum Gasteiger partial charge on any atom is -0.469 e. The van der Waals surface area contributed by atoms with Crippen molar-refractivity contribution in [3.8, 4) is 11.1 Å². The van der Waals surface area contributed by atoms with Crippen LogP contribution in [0.15, 0.2) is 48.5 Å². The molecule has 0 aromatic heterocycles. The van der Waals surface area contributed by atoms with E-state index in [0.717, 1.165) is 38.8 Å². The molecule has 1 heterocycles. The second-order valence-electron chi connectivity index (χ2n) is 8.25. The van der Waals surface area contributed by atoms with Crippen molar-refractivity contribution in [3.05, 3.63) is 59.7 Å². The van der Waals surface area contributed by atoms with Gasteiger partial charge in [0.25, 0.3) is 0 Å². The maximum atomic E-state index is 11.2. The molecule has 162 valence electrons. The van der Waals surface area contributed by atoms with Gasteiger partial charge in [0.2, 0.25) is 0 Å². The lowest BCUT2D eigenvalue weighted by atomic mass is 10.0. The van der Waals surface area contributed by atoms with Crippen LogP contribution >= 0.6 is 0 Å². The van der Waals surface area contributed by atoms with E-state index >= 15 is 0 Å². The van der Waals surface area contributed by atoms with Gasteiger partial charge in [-0.3, -0.25) is 9.69 Å². The van der Waals surface area contributed by atoms with E-state index in [2.05, 4.69) is 60.4 Å². The number of hydrogen-bond acceptors (Lipinski definition) is 4. The summed E-state index contributed by atoms with van der Waals surface area (Å²) < 4.78 is 11.0. The normalized spacial score (nSPS) is 17.1. The second kappa shape index (κ2) is 11.9. The molecule has 1 fully saturated rings. The van der Waals surface area contributed by atoms with Gasteiger partial charge >= 0.3 is 5.97 Å². The molecule has 1 saturated heterocycles. The van der Waals surface area contributed by atoms with Gasteiger partial charge in [-0.2, -0.15) is 0 Å². The smallest absolute Gasteiger partial charge is 0.305 e. The Bertz CT molecular complexity index is 770. The predicted molar refractivity (Wildman–Crippen MR) is 121 cm³/mol. The van der Waals surface area contributed by atoms with Crippen LogP contribution in [0.1, 0.15) is 56.1 Å². The summed E-state index contributed by atoms with van der Waals surface area (Å²) in [7, 11) is 1.45. The molecule has 2 aromatic rings. The van der Waals surface area contributed by atoms with Gasteiger partial charge in [-0.15, -0.1) is 0 Å². The molecule has 1 unspecified atom stereocenters. The lowest BCUT2D eigenvalue weighted by molar-refractivity contribution is -0.140. The third-order valence-electron chi connectivity index (χ3n) is 5.89. The Morgan fingerprint density at radius 2 is 1.67 bits per heavy atom. The Labute approximate surface area is 181 Å². The van der Waals surface area contributed by atoms with Crippen molar-refractivity contribution >= 4 is 5.97 Å². The van der Waals surface area contributed by atoms with Crippen molar-refractivity contribution in [1.29, 1.82) is 0 Å². The molecule has 0 bridgehead atoms. The van der Waals surface area contributed by atoms with Crippen LogP contribution in [0.25, 0.3) is 11.1 Å². The minimum atomic E-state index is -0.109. The van der Waals surface area contributed by atoms with Crippen molar-refractivity contribution in [2.45, 2.75) is 64.7 Å². The molecule has 0 N–H and O–H groups in total. The number of esters is 1. The average Bonchev–Trinajstić information content (AvgIpc) is 2.79. The molecule has 4 heteroatoms. The quantitative estimate of drug-likeness (QED) is 0.371. The molecule has 0 saturated carbocycles. The lowest BCUT2D eigenvalue weighted by Gasteiger charge is -2.35. The molecule has 0 amide bonds. The largest absolute Gasteiger partial charge is 0.469 e. The fourth-order valence-electron chi connectivity index (χ4n) is 4.00. The first-order valence-corrected chi connectivity index (χ1v) is 11.2. The summed E-state index contributed by atoms with van der Waals surface area (Å²) in [6, 6.07) is 17.4. The molecule has 1 atom stereocenters. The van der Waals surface area contributed by atoms with E-state index in [9.17, 15) is 4.79 Å². The summed E-state index contributed by atoms with van der Waals surface area (Å²) in [5, 5.41) is 0. The Hall–Kier alpha value is -2.17. The zero-order valence-corrected chi connectivity index (χ0v) is 18.4. The first kappa shape index (κ1) is 22.5. The summed E-state index contributed by atoms with van der Waals surface area (Å²) in [5.41, 5.74) is 4.99. The predicted octanol–water partition coefficient (Wildman–Crippen LogP) is 5.72. The molecule has 0 radical (unpaired) electrons. The molecule has 0 aliphatic carbocycles. The summed E-state index contributed by atoms with van der Waals surface area (Å²) in [5.74, 6) is -0.109. The number of carbonyl (C=O) groups excluding carboxylic acids is 1. The number of methoxy groups -OCH3 is 1. The monoisotopic (exact) mass is 409 g/mol. The van der Waals surface area contributed by atoms with Gasteiger partial charge < -0.3 is 9.47 Å². The molecule has 2 aromatic carbocycles. The first-order valence-electron chi connectivity index (χ1n) is 11.2. The highest BCUT2D eigenvalue weighted by Gasteiger charge is 2.22. The zero-order chi connectivity index (χ0) is 21.2. The molecule has 1 aliphatic rings. The number of hydrogen-bond donors (Lipinski definition) is 0. The summed E-state index contributed by atoms with van der Waals surface area (Å²) >= 11 is 0. The van der Waals surface area contributed by atoms with E-state index in [0.29, 0.717) is 13.0 Å². The number of unbranched alkanes of at least 4 members (excludes halogenated alkanes) is 2. The van der Waals surface area contributed by atoms with E-state index < -0.39 is 0 Å². The van der Waals surface area contributed by atoms with E-state index in [-0.39, 0.29) is 12.2 Å². The zero-order valence-electron chi connectivity index (χ0n) is 18.4. The molecule has 3 rings (SSSR count). The number of rotatable bonds is 10. The second-order valence-corrected chi connectivity index (χ2v) is 8.25. The highest BCUT2D eigenvalue weighted by molar-refractivity contribution is 5.69. The molecule has 30 heavy (non-hydrogen) atoms. The average molecular weight is 410 g/mol. The third-order valence-corrected chi connectivity index (χ3v) is 5.89. The van der Waals surface area contributed by atoms with Gasteiger partial charge in [0, 0.05) is 19.5 Å². The fourth-order valence-corrected chi connectivity index (χ4v) is 4.00. The number of carbonyl (C=O) groups is 1. The minimum absolute atomic E-state index is 0.109. The first-order chi connectivity index (χ1) is 14.7. The van der Waals surface area contributed by atoms with Crippen molar-refractivity contribution in [2.75, 3.05) is 20.2 Å². The van der Waals surface area contributed by atoms with E-state index in [1.54, 1.807) is 0 Å². The maximum Gasteiger partial charge on any atom is 0.305 e. The number of ether oxygens (including phenoxy) is 2. The van der Waals surface area contributed by atoms with Gasteiger partial charge in [-0.25, -0.2) is 0 Å². The van der Waals surface area contributed by atoms with Gasteiger partial charge in [0.05, 0.1) is 13.7 Å². The molecular weight excluding hydrogens is 374 g/mol. The lowest BCUT2D eigenvalue weighted by Crippen LogP contribution is -2.41. The molecule has 1 aliphatic heterocycles. The Balaban J connectivity index is 1.44. The van der Waals surface area contributed by atoms with Gasteiger partial charge in [-0.05, 0) is 55.7 Å². The summed E-state index contributed by atoms with van der Waals surface area (Å²) in [6.07, 6.45) is 7.36. The molecule has 4 nitrogen and oxygen atoms in total. The Kier molecular flexibility index (Phi) is 8.91. The Morgan fingerprint density at radius 1 is 0.967 bits per heavy atom. The maximum absolute atomic E-state index is 11.2. The van der Waals surface area contributed by atoms with Gasteiger partial charge in [0.1, 0.15) is 6.23 Å². The van der Waals surface area contributed by atoms with Crippen LogP contribution < -0.4 is 0 Å². The number of benzene rings is 2. The van der Waals surface area contributed by atoms with Crippen LogP contribution in [-0.2, 0) is 20.9 Å². The van der Waals surface area contributed by atoms with Crippen LogP contribution in [-0.4, -0.2) is 37.3 Å². The highest BCUT2D eigenvalue weighted by atomic mass is 16.5. The van der Waals surface area contributed by atoms with Crippen molar-refractivity contribution in [3.63, 3.8) is 0 Å². The van der Waals surface area contributed by atoms with Crippen LogP contribution in [0.4, 0.5) is 0 Å². The standard InChI is InChI=1S/C26H35NO3/c1-21-10-14-23(15-11-21)24-16-12-22(13-17-24)20-30-25-8-5-7-19-27(25)18-6-3-4-9-26(28)29-2/h10-17,25H,3-9,18-20H2,1-2H3. The summed E-state index contributed by atoms with van der Waals surface area (Å²) in [4.78, 5) is 13.7. The van der Waals surface area contributed by atoms with Crippen LogP contribution in [0.2, 0.25) is 0 Å². The fraction of sp³-hybridized carbons (Fsp3) is 0.500. The van der Waals surface area contributed by atoms with Crippen molar-refractivity contribution < 1.29 is 14.3 Å².